The molecule has 0 radical (unpaired) electrons. The number of hydrogen-bond donors (Lipinski definition) is 3. The van der Waals surface area contributed by atoms with Crippen molar-refractivity contribution in [2.75, 3.05) is 11.9 Å². The predicted octanol–water partition coefficient (Wildman–Crippen LogP) is 2.57. The minimum Gasteiger partial charge on any atom is -0.435 e. The van der Waals surface area contributed by atoms with Crippen molar-refractivity contribution in [3.05, 3.63) is 24.3 Å². The third-order valence-electron chi connectivity index (χ3n) is 3.48. The topological polar surface area (TPSA) is 70.6 Å². The molecule has 0 saturated heterocycles. The molecule has 0 spiro atoms. The summed E-state index contributed by atoms with van der Waals surface area (Å²) in [6.45, 7) is -2.45. The van der Waals surface area contributed by atoms with Gasteiger partial charge < -0.3 is 20.5 Å². The van der Waals surface area contributed by atoms with Crippen LogP contribution in [0.1, 0.15) is 19.3 Å². The number of aliphatic hydroxyl groups is 1. The zero-order chi connectivity index (χ0) is 15.2. The van der Waals surface area contributed by atoms with E-state index in [0.717, 1.165) is 19.3 Å². The number of rotatable bonds is 5. The maximum absolute atomic E-state index is 12.0. The van der Waals surface area contributed by atoms with Crippen LogP contribution >= 0.6 is 0 Å². The van der Waals surface area contributed by atoms with Crippen LogP contribution in [0.5, 0.6) is 5.75 Å². The summed E-state index contributed by atoms with van der Waals surface area (Å²) in [5.41, 5.74) is 0.473. The fraction of sp³-hybridized carbons (Fsp3) is 0.500. The second-order valence-corrected chi connectivity index (χ2v) is 5.00. The van der Waals surface area contributed by atoms with Crippen LogP contribution in [-0.4, -0.2) is 30.4 Å². The lowest BCUT2D eigenvalue weighted by Crippen LogP contribution is -2.35. The Kier molecular flexibility index (Phi) is 5.32. The summed E-state index contributed by atoms with van der Waals surface area (Å²) in [5, 5.41) is 14.9. The minimum atomic E-state index is -2.87. The number of carbonyl (C=O) groups excluding carboxylic acids is 1. The molecule has 7 heteroatoms. The third-order valence-corrected chi connectivity index (χ3v) is 3.48. The quantitative estimate of drug-likeness (QED) is 0.782. The first-order chi connectivity index (χ1) is 10.0. The molecule has 2 rings (SSSR count). The highest BCUT2D eigenvalue weighted by Crippen LogP contribution is 2.24. The first-order valence-electron chi connectivity index (χ1n) is 6.82. The van der Waals surface area contributed by atoms with Crippen molar-refractivity contribution in [3.8, 4) is 5.75 Å². The summed E-state index contributed by atoms with van der Waals surface area (Å²) < 4.78 is 28.2. The zero-order valence-corrected chi connectivity index (χ0v) is 11.4. The lowest BCUT2D eigenvalue weighted by molar-refractivity contribution is -0.0498. The maximum Gasteiger partial charge on any atom is 0.387 e. The van der Waals surface area contributed by atoms with Crippen molar-refractivity contribution >= 4 is 11.7 Å². The molecule has 2 amide bonds. The van der Waals surface area contributed by atoms with Gasteiger partial charge in [0.2, 0.25) is 0 Å². The Labute approximate surface area is 121 Å². The van der Waals surface area contributed by atoms with Gasteiger partial charge in [-0.15, -0.1) is 0 Å². The van der Waals surface area contributed by atoms with Crippen molar-refractivity contribution in [1.82, 2.24) is 5.32 Å². The third kappa shape index (κ3) is 4.86. The normalized spacial score (nSPS) is 21.3. The van der Waals surface area contributed by atoms with E-state index < -0.39 is 12.6 Å². The molecule has 0 heterocycles. The molecular weight excluding hydrogens is 282 g/mol. The van der Waals surface area contributed by atoms with E-state index in [0.29, 0.717) is 12.2 Å². The molecule has 116 valence electrons. The Morgan fingerprint density at radius 1 is 1.33 bits per heavy atom. The Balaban J connectivity index is 1.77. The van der Waals surface area contributed by atoms with E-state index in [9.17, 15) is 18.7 Å². The van der Waals surface area contributed by atoms with Gasteiger partial charge in [0.05, 0.1) is 6.10 Å². The van der Waals surface area contributed by atoms with E-state index in [-0.39, 0.29) is 17.8 Å². The average Bonchev–Trinajstić information content (AvgIpc) is 2.84. The van der Waals surface area contributed by atoms with Crippen molar-refractivity contribution in [2.45, 2.75) is 32.0 Å². The van der Waals surface area contributed by atoms with Gasteiger partial charge in [-0.1, -0.05) is 6.42 Å². The smallest absolute Gasteiger partial charge is 0.387 e. The second kappa shape index (κ2) is 7.21. The molecule has 1 saturated carbocycles. The van der Waals surface area contributed by atoms with Gasteiger partial charge in [-0.25, -0.2) is 4.79 Å². The number of urea groups is 1. The number of hydrogen-bond acceptors (Lipinski definition) is 3. The molecule has 21 heavy (non-hydrogen) atoms. The van der Waals surface area contributed by atoms with Crippen molar-refractivity contribution in [1.29, 1.82) is 0 Å². The first kappa shape index (κ1) is 15.5. The number of ether oxygens (including phenoxy) is 1. The fourth-order valence-electron chi connectivity index (χ4n) is 2.37. The van der Waals surface area contributed by atoms with Gasteiger partial charge in [-0.2, -0.15) is 8.78 Å². The molecular formula is C14H18F2N2O3. The van der Waals surface area contributed by atoms with Gasteiger partial charge in [0, 0.05) is 18.2 Å². The second-order valence-electron chi connectivity index (χ2n) is 5.00. The average molecular weight is 300 g/mol. The molecule has 0 aliphatic heterocycles. The zero-order valence-electron chi connectivity index (χ0n) is 11.4. The summed E-state index contributed by atoms with van der Waals surface area (Å²) in [5.74, 6) is 0.127. The number of amides is 2. The van der Waals surface area contributed by atoms with Gasteiger partial charge in [0.1, 0.15) is 5.75 Å². The van der Waals surface area contributed by atoms with E-state index in [1.165, 1.54) is 24.3 Å². The molecule has 0 bridgehead atoms. The highest BCUT2D eigenvalue weighted by atomic mass is 19.3. The molecule has 3 N–H and O–H groups in total. The highest BCUT2D eigenvalue weighted by molar-refractivity contribution is 5.89. The van der Waals surface area contributed by atoms with E-state index in [4.69, 9.17) is 0 Å². The molecule has 1 fully saturated rings. The predicted molar refractivity (Wildman–Crippen MR) is 73.4 cm³/mol. The summed E-state index contributed by atoms with van der Waals surface area (Å²) in [4.78, 5) is 11.7. The molecule has 1 aliphatic carbocycles. The first-order valence-corrected chi connectivity index (χ1v) is 6.82. The standard InChI is InChI=1S/C14H18F2N2O3/c15-13(16)21-11-6-4-10(5-7-11)18-14(20)17-8-9-2-1-3-12(9)19/h4-7,9,12-13,19H,1-3,8H2,(H2,17,18,20)/t9-,12+/m1/s1. The van der Waals surface area contributed by atoms with Crippen LogP contribution in [0.25, 0.3) is 0 Å². The van der Waals surface area contributed by atoms with Crippen LogP contribution in [0.15, 0.2) is 24.3 Å². The van der Waals surface area contributed by atoms with Crippen LogP contribution in [0.4, 0.5) is 19.3 Å². The van der Waals surface area contributed by atoms with E-state index in [2.05, 4.69) is 15.4 Å². The summed E-state index contributed by atoms with van der Waals surface area (Å²) in [6, 6.07) is 5.26. The Morgan fingerprint density at radius 3 is 2.62 bits per heavy atom. The van der Waals surface area contributed by atoms with Crippen molar-refractivity contribution in [3.63, 3.8) is 0 Å². The number of benzene rings is 1. The molecule has 0 unspecified atom stereocenters. The molecule has 1 aromatic carbocycles. The number of nitrogens with one attached hydrogen (secondary N) is 2. The minimum absolute atomic E-state index is 0.0324. The number of aliphatic hydroxyl groups excluding tert-OH is 1. The van der Waals surface area contributed by atoms with E-state index >= 15 is 0 Å². The van der Waals surface area contributed by atoms with Gasteiger partial charge >= 0.3 is 12.6 Å². The maximum atomic E-state index is 12.0. The van der Waals surface area contributed by atoms with Gasteiger partial charge in [0.25, 0.3) is 0 Å². The fourth-order valence-corrected chi connectivity index (χ4v) is 2.37. The van der Waals surface area contributed by atoms with Gasteiger partial charge in [-0.05, 0) is 37.1 Å². The Morgan fingerprint density at radius 2 is 2.05 bits per heavy atom. The van der Waals surface area contributed by atoms with E-state index in [1.54, 1.807) is 0 Å². The Hall–Kier alpha value is -1.89. The molecule has 1 aliphatic rings. The number of halogens is 2. The molecule has 2 atom stereocenters. The Bertz CT molecular complexity index is 468. The van der Waals surface area contributed by atoms with Gasteiger partial charge in [0.15, 0.2) is 0 Å². The molecule has 1 aromatic rings. The van der Waals surface area contributed by atoms with E-state index in [1.807, 2.05) is 0 Å². The van der Waals surface area contributed by atoms with Crippen LogP contribution in [0.2, 0.25) is 0 Å². The summed E-state index contributed by atoms with van der Waals surface area (Å²) >= 11 is 0. The van der Waals surface area contributed by atoms with Gasteiger partial charge in [-0.3, -0.25) is 0 Å². The largest absolute Gasteiger partial charge is 0.435 e. The van der Waals surface area contributed by atoms with Crippen LogP contribution in [0.3, 0.4) is 0 Å². The molecule has 5 nitrogen and oxygen atoms in total. The van der Waals surface area contributed by atoms with Crippen molar-refractivity contribution < 1.29 is 23.4 Å². The lowest BCUT2D eigenvalue weighted by Gasteiger charge is -2.15. The summed E-state index contributed by atoms with van der Waals surface area (Å²) in [6.07, 6.45) is 2.30. The highest BCUT2D eigenvalue weighted by Gasteiger charge is 2.25. The summed E-state index contributed by atoms with van der Waals surface area (Å²) in [7, 11) is 0. The SMILES string of the molecule is O=C(NC[C@H]1CCC[C@@H]1O)Nc1ccc(OC(F)F)cc1. The monoisotopic (exact) mass is 300 g/mol. The lowest BCUT2D eigenvalue weighted by atomic mass is 10.1. The van der Waals surface area contributed by atoms with Crippen LogP contribution < -0.4 is 15.4 Å². The van der Waals surface area contributed by atoms with Crippen molar-refractivity contribution in [2.24, 2.45) is 5.92 Å². The molecule has 0 aromatic heterocycles. The van der Waals surface area contributed by atoms with Crippen LogP contribution in [0, 0.1) is 5.92 Å². The van der Waals surface area contributed by atoms with Crippen LogP contribution in [-0.2, 0) is 0 Å². The number of anilines is 1. The number of alkyl halides is 2. The number of carbonyl (C=O) groups is 1.